The highest BCUT2D eigenvalue weighted by atomic mass is 19.3. The first-order valence-corrected chi connectivity index (χ1v) is 7.60. The fourth-order valence-corrected chi connectivity index (χ4v) is 3.16. The van der Waals surface area contributed by atoms with Gasteiger partial charge in [0.15, 0.2) is 11.2 Å². The first-order valence-electron chi connectivity index (χ1n) is 7.60. The molecule has 1 amide bonds. The van der Waals surface area contributed by atoms with Crippen molar-refractivity contribution in [1.29, 1.82) is 0 Å². The predicted molar refractivity (Wildman–Crippen MR) is 81.6 cm³/mol. The van der Waals surface area contributed by atoms with Gasteiger partial charge in [-0.1, -0.05) is 12.1 Å². The number of benzene rings is 1. The Balaban J connectivity index is 1.99. The van der Waals surface area contributed by atoms with Crippen LogP contribution in [0.25, 0.3) is 11.0 Å². The quantitative estimate of drug-likeness (QED) is 0.943. The molecule has 2 N–H and O–H groups in total. The van der Waals surface area contributed by atoms with Crippen molar-refractivity contribution in [2.75, 3.05) is 0 Å². The van der Waals surface area contributed by atoms with E-state index in [0.717, 1.165) is 0 Å². The molecule has 0 radical (unpaired) electrons. The molecule has 4 nitrogen and oxygen atoms in total. The molecule has 23 heavy (non-hydrogen) atoms. The Kier molecular flexibility index (Phi) is 3.92. The number of fused-ring (bicyclic) bond motifs is 1. The Labute approximate surface area is 131 Å². The van der Waals surface area contributed by atoms with Crippen molar-refractivity contribution in [3.8, 4) is 0 Å². The van der Waals surface area contributed by atoms with E-state index in [1.165, 1.54) is 0 Å². The number of nitrogens with two attached hydrogens (primary N) is 1. The van der Waals surface area contributed by atoms with Gasteiger partial charge < -0.3 is 10.2 Å². The molecule has 2 aromatic rings. The van der Waals surface area contributed by atoms with Crippen molar-refractivity contribution < 1.29 is 18.0 Å². The van der Waals surface area contributed by atoms with Gasteiger partial charge in [-0.3, -0.25) is 9.59 Å². The van der Waals surface area contributed by atoms with Crippen LogP contribution in [0.15, 0.2) is 33.5 Å². The lowest BCUT2D eigenvalue weighted by molar-refractivity contribution is -0.0457. The summed E-state index contributed by atoms with van der Waals surface area (Å²) in [6.45, 7) is 0. The topological polar surface area (TPSA) is 73.3 Å². The standard InChI is InChI=1S/C17H17F2NO3/c18-17(19)7-5-10(6-8-17)9-12-14(21)11-3-1-2-4-13(11)23-15(12)16(20)22/h1-4,10H,5-9H2,(H2,20,22). The van der Waals surface area contributed by atoms with Crippen LogP contribution in [0.5, 0.6) is 0 Å². The van der Waals surface area contributed by atoms with Crippen LogP contribution in [-0.2, 0) is 6.42 Å². The summed E-state index contributed by atoms with van der Waals surface area (Å²) in [6.07, 6.45) is 0.488. The summed E-state index contributed by atoms with van der Waals surface area (Å²) < 4.78 is 32.0. The number of hydrogen-bond acceptors (Lipinski definition) is 3. The van der Waals surface area contributed by atoms with E-state index in [4.69, 9.17) is 10.2 Å². The summed E-state index contributed by atoms with van der Waals surface area (Å²) in [7, 11) is 0. The second-order valence-electron chi connectivity index (χ2n) is 6.10. The van der Waals surface area contributed by atoms with Gasteiger partial charge in [-0.25, -0.2) is 8.78 Å². The van der Waals surface area contributed by atoms with Gasteiger partial charge in [0, 0.05) is 18.4 Å². The minimum Gasteiger partial charge on any atom is -0.450 e. The summed E-state index contributed by atoms with van der Waals surface area (Å²) in [5.41, 5.74) is 5.52. The van der Waals surface area contributed by atoms with E-state index in [1.807, 2.05) is 0 Å². The molecule has 1 aromatic heterocycles. The molecule has 1 aromatic carbocycles. The first-order chi connectivity index (χ1) is 10.9. The van der Waals surface area contributed by atoms with Crippen LogP contribution in [0.4, 0.5) is 8.78 Å². The molecule has 1 saturated carbocycles. The molecule has 0 spiro atoms. The van der Waals surface area contributed by atoms with E-state index in [1.54, 1.807) is 24.3 Å². The Morgan fingerprint density at radius 2 is 1.91 bits per heavy atom. The first kappa shape index (κ1) is 15.6. The highest BCUT2D eigenvalue weighted by molar-refractivity contribution is 5.93. The molecule has 0 aliphatic heterocycles. The molecule has 1 fully saturated rings. The van der Waals surface area contributed by atoms with Gasteiger partial charge in [-0.2, -0.15) is 0 Å². The lowest BCUT2D eigenvalue weighted by Crippen LogP contribution is -2.28. The summed E-state index contributed by atoms with van der Waals surface area (Å²) in [6, 6.07) is 6.60. The van der Waals surface area contributed by atoms with Gasteiger partial charge in [0.05, 0.1) is 5.39 Å². The maximum atomic E-state index is 13.3. The minimum absolute atomic E-state index is 0.0724. The number of halogens is 2. The van der Waals surface area contributed by atoms with E-state index in [0.29, 0.717) is 23.8 Å². The summed E-state index contributed by atoms with van der Waals surface area (Å²) in [4.78, 5) is 24.3. The van der Waals surface area contributed by atoms with Crippen molar-refractivity contribution in [3.63, 3.8) is 0 Å². The number of amides is 1. The monoisotopic (exact) mass is 321 g/mol. The Morgan fingerprint density at radius 1 is 1.26 bits per heavy atom. The van der Waals surface area contributed by atoms with E-state index in [2.05, 4.69) is 0 Å². The highest BCUT2D eigenvalue weighted by Gasteiger charge is 2.35. The van der Waals surface area contributed by atoms with Crippen LogP contribution in [0.1, 0.15) is 41.8 Å². The number of hydrogen-bond donors (Lipinski definition) is 1. The van der Waals surface area contributed by atoms with Crippen LogP contribution in [0.3, 0.4) is 0 Å². The number of alkyl halides is 2. The van der Waals surface area contributed by atoms with Crippen LogP contribution < -0.4 is 11.2 Å². The molecule has 1 aliphatic rings. The van der Waals surface area contributed by atoms with Crippen LogP contribution in [0.2, 0.25) is 0 Å². The van der Waals surface area contributed by atoms with Crippen molar-refractivity contribution >= 4 is 16.9 Å². The number of carbonyl (C=O) groups excluding carboxylic acids is 1. The fraction of sp³-hybridized carbons (Fsp3) is 0.412. The van der Waals surface area contributed by atoms with Crippen LogP contribution >= 0.6 is 0 Å². The maximum absolute atomic E-state index is 13.3. The minimum atomic E-state index is -2.63. The third kappa shape index (κ3) is 3.11. The Hall–Kier alpha value is -2.24. The van der Waals surface area contributed by atoms with Crippen molar-refractivity contribution in [3.05, 3.63) is 45.8 Å². The normalized spacial score (nSPS) is 18.2. The molecule has 122 valence electrons. The number of para-hydroxylation sites is 1. The van der Waals surface area contributed by atoms with Gasteiger partial charge >= 0.3 is 0 Å². The average molecular weight is 321 g/mol. The van der Waals surface area contributed by atoms with E-state index >= 15 is 0 Å². The second-order valence-corrected chi connectivity index (χ2v) is 6.10. The van der Waals surface area contributed by atoms with Gasteiger partial charge in [-0.05, 0) is 37.3 Å². The van der Waals surface area contributed by atoms with Crippen molar-refractivity contribution in [2.24, 2.45) is 11.7 Å². The predicted octanol–water partition coefficient (Wildman–Crippen LogP) is 3.26. The molecule has 0 atom stereocenters. The smallest absolute Gasteiger partial charge is 0.284 e. The Morgan fingerprint density at radius 3 is 2.57 bits per heavy atom. The van der Waals surface area contributed by atoms with Crippen LogP contribution in [0, 0.1) is 5.92 Å². The average Bonchev–Trinajstić information content (AvgIpc) is 2.51. The number of primary amides is 1. The third-order valence-electron chi connectivity index (χ3n) is 4.45. The third-order valence-corrected chi connectivity index (χ3v) is 4.45. The summed E-state index contributed by atoms with van der Waals surface area (Å²) >= 11 is 0. The zero-order valence-corrected chi connectivity index (χ0v) is 12.5. The molecule has 1 heterocycles. The van der Waals surface area contributed by atoms with E-state index in [9.17, 15) is 18.4 Å². The van der Waals surface area contributed by atoms with Gasteiger partial charge in [-0.15, -0.1) is 0 Å². The van der Waals surface area contributed by atoms with Crippen LogP contribution in [-0.4, -0.2) is 11.8 Å². The van der Waals surface area contributed by atoms with Gasteiger partial charge in [0.2, 0.25) is 5.92 Å². The summed E-state index contributed by atoms with van der Waals surface area (Å²) in [5.74, 6) is -3.68. The SMILES string of the molecule is NC(=O)c1oc2ccccc2c(=O)c1CC1CCC(F)(F)CC1. The fourth-order valence-electron chi connectivity index (χ4n) is 3.16. The molecular weight excluding hydrogens is 304 g/mol. The molecule has 6 heteroatoms. The molecule has 3 rings (SSSR count). The highest BCUT2D eigenvalue weighted by Crippen LogP contribution is 2.37. The molecule has 0 unspecified atom stereocenters. The van der Waals surface area contributed by atoms with Gasteiger partial charge in [0.25, 0.3) is 5.91 Å². The molecule has 0 bridgehead atoms. The van der Waals surface area contributed by atoms with E-state index in [-0.39, 0.29) is 41.9 Å². The van der Waals surface area contributed by atoms with E-state index < -0.39 is 11.8 Å². The maximum Gasteiger partial charge on any atom is 0.284 e. The van der Waals surface area contributed by atoms with Gasteiger partial charge in [0.1, 0.15) is 5.58 Å². The van der Waals surface area contributed by atoms with Crippen molar-refractivity contribution in [2.45, 2.75) is 38.0 Å². The largest absolute Gasteiger partial charge is 0.450 e. The molecule has 0 saturated heterocycles. The Bertz CT molecular complexity index is 803. The van der Waals surface area contributed by atoms with Crippen molar-refractivity contribution in [1.82, 2.24) is 0 Å². The lowest BCUT2D eigenvalue weighted by Gasteiger charge is -2.28. The zero-order valence-electron chi connectivity index (χ0n) is 12.5. The summed E-state index contributed by atoms with van der Waals surface area (Å²) in [5, 5.41) is 0.369. The second kappa shape index (κ2) is 5.76. The lowest BCUT2D eigenvalue weighted by atomic mass is 9.82. The molecular formula is C17H17F2NO3. The number of rotatable bonds is 3. The number of carbonyl (C=O) groups is 1. The zero-order chi connectivity index (χ0) is 16.6. The molecule has 1 aliphatic carbocycles.